The van der Waals surface area contributed by atoms with Crippen molar-refractivity contribution in [2.45, 2.75) is 13.5 Å². The van der Waals surface area contributed by atoms with Gasteiger partial charge in [0.1, 0.15) is 12.4 Å². The summed E-state index contributed by atoms with van der Waals surface area (Å²) in [6.07, 6.45) is 0.878. The van der Waals surface area contributed by atoms with Crippen LogP contribution in [-0.4, -0.2) is 28.6 Å². The molecule has 2 N–H and O–H groups in total. The number of carbonyl (C=O) groups excluding carboxylic acids is 2. The fourth-order valence-electron chi connectivity index (χ4n) is 4.11. The number of aromatic nitrogens is 2. The molecular formula is C28H22FN3O4. The summed E-state index contributed by atoms with van der Waals surface area (Å²) in [4.78, 5) is 32.4. The van der Waals surface area contributed by atoms with Crippen LogP contribution in [0.1, 0.15) is 23.0 Å². The third-order valence-corrected chi connectivity index (χ3v) is 5.72. The van der Waals surface area contributed by atoms with E-state index in [0.717, 1.165) is 10.9 Å². The number of aromatic amines is 1. The first kappa shape index (κ1) is 23.0. The summed E-state index contributed by atoms with van der Waals surface area (Å²) in [5.41, 5.74) is 3.40. The predicted octanol–water partition coefficient (Wildman–Crippen LogP) is 6.45. The lowest BCUT2D eigenvalue weighted by Crippen LogP contribution is -2.13. The number of H-pyrrole nitrogens is 1. The molecule has 3 aromatic carbocycles. The van der Waals surface area contributed by atoms with Crippen LogP contribution in [-0.2, 0) is 16.1 Å². The Morgan fingerprint density at radius 3 is 2.53 bits per heavy atom. The molecule has 0 unspecified atom stereocenters. The minimum atomic E-state index is -0.602. The van der Waals surface area contributed by atoms with Crippen LogP contribution in [0.3, 0.4) is 0 Å². The van der Waals surface area contributed by atoms with E-state index < -0.39 is 17.9 Å². The van der Waals surface area contributed by atoms with Crippen LogP contribution in [0.15, 0.2) is 79.0 Å². The average molecular weight is 483 g/mol. The molecule has 2 aromatic heterocycles. The number of hydrogen-bond donors (Lipinski definition) is 2. The number of ether oxygens (including phenoxy) is 2. The zero-order valence-corrected chi connectivity index (χ0v) is 19.4. The molecule has 8 heteroatoms. The molecule has 0 radical (unpaired) electrons. The highest BCUT2D eigenvalue weighted by atomic mass is 19.1. The standard InChI is InChI=1S/C28H22FN3O4/c1-2-35-27(33)26-25-24(21(15-30-26)19-10-6-7-11-22(19)29)20-13-12-18(14-23(20)32-25)31-28(34)36-16-17-8-4-3-5-9-17/h3-15,32H,2,16H2,1H3,(H,31,34). The van der Waals surface area contributed by atoms with Gasteiger partial charge in [-0.3, -0.25) is 5.32 Å². The molecule has 5 rings (SSSR count). The van der Waals surface area contributed by atoms with E-state index in [1.54, 1.807) is 43.3 Å². The van der Waals surface area contributed by atoms with Crippen molar-refractivity contribution < 1.29 is 23.5 Å². The van der Waals surface area contributed by atoms with E-state index in [0.29, 0.717) is 33.2 Å². The lowest BCUT2D eigenvalue weighted by atomic mass is 10.00. The number of nitrogens with one attached hydrogen (secondary N) is 2. The highest BCUT2D eigenvalue weighted by molar-refractivity contribution is 6.18. The highest BCUT2D eigenvalue weighted by Crippen LogP contribution is 2.37. The molecule has 0 aliphatic carbocycles. The summed E-state index contributed by atoms with van der Waals surface area (Å²) in [7, 11) is 0. The summed E-state index contributed by atoms with van der Waals surface area (Å²) < 4.78 is 25.2. The molecule has 0 fully saturated rings. The predicted molar refractivity (Wildman–Crippen MR) is 135 cm³/mol. The van der Waals surface area contributed by atoms with Crippen LogP contribution in [0.2, 0.25) is 0 Å². The number of carbonyl (C=O) groups is 2. The third kappa shape index (κ3) is 4.48. The van der Waals surface area contributed by atoms with E-state index in [-0.39, 0.29) is 18.9 Å². The van der Waals surface area contributed by atoms with Crippen molar-refractivity contribution in [1.82, 2.24) is 9.97 Å². The second-order valence-electron chi connectivity index (χ2n) is 8.04. The molecule has 2 heterocycles. The summed E-state index contributed by atoms with van der Waals surface area (Å²) >= 11 is 0. The highest BCUT2D eigenvalue weighted by Gasteiger charge is 2.21. The number of amides is 1. The number of nitrogens with zero attached hydrogens (tertiary/aromatic N) is 1. The fraction of sp³-hybridized carbons (Fsp3) is 0.107. The van der Waals surface area contributed by atoms with Crippen LogP contribution in [0, 0.1) is 5.82 Å². The van der Waals surface area contributed by atoms with Gasteiger partial charge in [-0.25, -0.2) is 19.0 Å². The normalized spacial score (nSPS) is 10.9. The minimum absolute atomic E-state index is 0.0971. The smallest absolute Gasteiger partial charge is 0.411 e. The topological polar surface area (TPSA) is 93.3 Å². The second kappa shape index (κ2) is 9.87. The maximum atomic E-state index is 14.7. The largest absolute Gasteiger partial charge is 0.461 e. The Bertz CT molecular complexity index is 1580. The summed E-state index contributed by atoms with van der Waals surface area (Å²) in [6.45, 7) is 2.04. The molecule has 180 valence electrons. The number of fused-ring (bicyclic) bond motifs is 3. The molecule has 36 heavy (non-hydrogen) atoms. The van der Waals surface area contributed by atoms with Crippen molar-refractivity contribution in [1.29, 1.82) is 0 Å². The van der Waals surface area contributed by atoms with Gasteiger partial charge in [-0.2, -0.15) is 0 Å². The van der Waals surface area contributed by atoms with Crippen molar-refractivity contribution in [3.63, 3.8) is 0 Å². The number of hydrogen-bond acceptors (Lipinski definition) is 5. The Kier molecular flexibility index (Phi) is 6.32. The molecule has 0 aliphatic rings. The van der Waals surface area contributed by atoms with Gasteiger partial charge in [0.25, 0.3) is 0 Å². The van der Waals surface area contributed by atoms with Crippen LogP contribution in [0.5, 0.6) is 0 Å². The SMILES string of the molecule is CCOC(=O)c1ncc(-c2ccccc2F)c2c1[nH]c1cc(NC(=O)OCc3ccccc3)ccc12. The molecule has 0 saturated carbocycles. The lowest BCUT2D eigenvalue weighted by molar-refractivity contribution is 0.0522. The first-order chi connectivity index (χ1) is 17.5. The Labute approximate surface area is 205 Å². The van der Waals surface area contributed by atoms with Gasteiger partial charge >= 0.3 is 12.1 Å². The van der Waals surface area contributed by atoms with Crippen molar-refractivity contribution in [3.05, 3.63) is 96.1 Å². The number of pyridine rings is 1. The van der Waals surface area contributed by atoms with Gasteiger partial charge in [0.05, 0.1) is 12.1 Å². The zero-order valence-electron chi connectivity index (χ0n) is 19.4. The van der Waals surface area contributed by atoms with E-state index >= 15 is 0 Å². The number of benzene rings is 3. The van der Waals surface area contributed by atoms with Crippen molar-refractivity contribution in [2.75, 3.05) is 11.9 Å². The van der Waals surface area contributed by atoms with Gasteiger partial charge in [-0.15, -0.1) is 0 Å². The van der Waals surface area contributed by atoms with Crippen LogP contribution < -0.4 is 5.32 Å². The number of anilines is 1. The molecule has 0 saturated heterocycles. The molecule has 0 spiro atoms. The van der Waals surface area contributed by atoms with Crippen LogP contribution in [0.4, 0.5) is 14.9 Å². The average Bonchev–Trinajstić information content (AvgIpc) is 3.27. The van der Waals surface area contributed by atoms with E-state index in [1.165, 1.54) is 12.3 Å². The fourth-order valence-corrected chi connectivity index (χ4v) is 4.11. The van der Waals surface area contributed by atoms with Gasteiger partial charge in [0, 0.05) is 39.3 Å². The van der Waals surface area contributed by atoms with Gasteiger partial charge in [0.2, 0.25) is 0 Å². The maximum Gasteiger partial charge on any atom is 0.411 e. The molecule has 0 bridgehead atoms. The summed E-state index contributed by atoms with van der Waals surface area (Å²) in [6, 6.07) is 21.0. The maximum absolute atomic E-state index is 14.7. The molecule has 1 amide bonds. The Morgan fingerprint density at radius 2 is 1.75 bits per heavy atom. The van der Waals surface area contributed by atoms with Gasteiger partial charge in [-0.05, 0) is 30.7 Å². The molecule has 0 aliphatic heterocycles. The van der Waals surface area contributed by atoms with Crippen molar-refractivity contribution in [2.24, 2.45) is 0 Å². The number of halogens is 1. The van der Waals surface area contributed by atoms with Gasteiger partial charge in [-0.1, -0.05) is 54.6 Å². The van der Waals surface area contributed by atoms with E-state index in [9.17, 15) is 14.0 Å². The van der Waals surface area contributed by atoms with Crippen LogP contribution in [0.25, 0.3) is 32.9 Å². The van der Waals surface area contributed by atoms with E-state index in [4.69, 9.17) is 9.47 Å². The molecule has 7 nitrogen and oxygen atoms in total. The molecule has 5 aromatic rings. The zero-order chi connectivity index (χ0) is 25.1. The quantitative estimate of drug-likeness (QED) is 0.271. The molecular weight excluding hydrogens is 461 g/mol. The lowest BCUT2D eigenvalue weighted by Gasteiger charge is -2.09. The summed E-state index contributed by atoms with van der Waals surface area (Å²) in [5, 5.41) is 4.08. The Morgan fingerprint density at radius 1 is 0.972 bits per heavy atom. The van der Waals surface area contributed by atoms with Crippen molar-refractivity contribution >= 4 is 39.6 Å². The second-order valence-corrected chi connectivity index (χ2v) is 8.04. The Hall–Kier alpha value is -4.72. The first-order valence-electron chi connectivity index (χ1n) is 11.4. The third-order valence-electron chi connectivity index (χ3n) is 5.72. The van der Waals surface area contributed by atoms with E-state index in [1.807, 2.05) is 30.3 Å². The minimum Gasteiger partial charge on any atom is -0.461 e. The summed E-state index contributed by atoms with van der Waals surface area (Å²) in [5.74, 6) is -0.990. The number of esters is 1. The van der Waals surface area contributed by atoms with Gasteiger partial charge in [0.15, 0.2) is 5.69 Å². The van der Waals surface area contributed by atoms with Crippen molar-refractivity contribution in [3.8, 4) is 11.1 Å². The first-order valence-corrected chi connectivity index (χ1v) is 11.4. The molecule has 0 atom stereocenters. The van der Waals surface area contributed by atoms with Gasteiger partial charge < -0.3 is 14.5 Å². The Balaban J connectivity index is 1.54. The number of rotatable bonds is 6. The van der Waals surface area contributed by atoms with E-state index in [2.05, 4.69) is 15.3 Å². The monoisotopic (exact) mass is 483 g/mol. The van der Waals surface area contributed by atoms with Crippen LogP contribution >= 0.6 is 0 Å².